The van der Waals surface area contributed by atoms with Gasteiger partial charge in [0, 0.05) is 18.0 Å². The molecular formula is C17H22FN3. The van der Waals surface area contributed by atoms with Crippen LogP contribution < -0.4 is 5.73 Å². The van der Waals surface area contributed by atoms with Gasteiger partial charge in [-0.15, -0.1) is 0 Å². The van der Waals surface area contributed by atoms with Crippen molar-refractivity contribution in [2.75, 3.05) is 5.73 Å². The fraction of sp³-hybridized carbons (Fsp3) is 0.471. The van der Waals surface area contributed by atoms with Gasteiger partial charge in [-0.3, -0.25) is 0 Å². The summed E-state index contributed by atoms with van der Waals surface area (Å²) in [5, 5.41) is 0. The van der Waals surface area contributed by atoms with Crippen molar-refractivity contribution in [1.29, 1.82) is 0 Å². The number of nitrogen functional groups attached to an aromatic ring is 1. The van der Waals surface area contributed by atoms with Crippen LogP contribution in [0.2, 0.25) is 0 Å². The first kappa shape index (κ1) is 14.1. The van der Waals surface area contributed by atoms with Crippen molar-refractivity contribution in [3.05, 3.63) is 35.4 Å². The Bertz CT molecular complexity index is 654. The Labute approximate surface area is 125 Å². The summed E-state index contributed by atoms with van der Waals surface area (Å²) in [4.78, 5) is 4.84. The molecule has 0 atom stereocenters. The quantitative estimate of drug-likeness (QED) is 0.916. The van der Waals surface area contributed by atoms with E-state index >= 15 is 0 Å². The lowest BCUT2D eigenvalue weighted by atomic mass is 10.1. The van der Waals surface area contributed by atoms with E-state index in [4.69, 9.17) is 10.7 Å². The number of imidazole rings is 1. The molecule has 1 heterocycles. The normalized spacial score (nSPS) is 15.8. The summed E-state index contributed by atoms with van der Waals surface area (Å²) in [6.07, 6.45) is 4.93. The molecule has 3 rings (SSSR count). The average molecular weight is 287 g/mol. The number of halogens is 1. The molecule has 1 aromatic heterocycles. The van der Waals surface area contributed by atoms with E-state index in [2.05, 4.69) is 11.5 Å². The fourth-order valence-electron chi connectivity index (χ4n) is 3.40. The third-order valence-corrected chi connectivity index (χ3v) is 4.52. The molecule has 4 heteroatoms. The molecule has 0 amide bonds. The molecule has 0 spiro atoms. The zero-order valence-corrected chi connectivity index (χ0v) is 12.7. The predicted octanol–water partition coefficient (Wildman–Crippen LogP) is 4.26. The van der Waals surface area contributed by atoms with Crippen LogP contribution in [0.5, 0.6) is 0 Å². The number of aromatic nitrogens is 2. The lowest BCUT2D eigenvalue weighted by molar-refractivity contribution is 0.604. The molecule has 112 valence electrons. The molecule has 0 unspecified atom stereocenters. The third kappa shape index (κ3) is 2.43. The molecule has 1 saturated carbocycles. The number of nitrogens with two attached hydrogens (primary N) is 1. The van der Waals surface area contributed by atoms with Crippen molar-refractivity contribution >= 4 is 5.82 Å². The van der Waals surface area contributed by atoms with Gasteiger partial charge in [-0.25, -0.2) is 9.37 Å². The Morgan fingerprint density at radius 1 is 1.33 bits per heavy atom. The minimum Gasteiger partial charge on any atom is -0.383 e. The van der Waals surface area contributed by atoms with Crippen LogP contribution in [0.3, 0.4) is 0 Å². The van der Waals surface area contributed by atoms with Crippen molar-refractivity contribution < 1.29 is 4.39 Å². The Morgan fingerprint density at radius 3 is 2.67 bits per heavy atom. The van der Waals surface area contributed by atoms with E-state index in [9.17, 15) is 4.39 Å². The number of nitrogens with zero attached hydrogens (tertiary/aromatic N) is 2. The van der Waals surface area contributed by atoms with E-state index in [0.29, 0.717) is 11.7 Å². The summed E-state index contributed by atoms with van der Waals surface area (Å²) in [7, 11) is 0. The van der Waals surface area contributed by atoms with Crippen LogP contribution in [0.15, 0.2) is 18.2 Å². The zero-order valence-electron chi connectivity index (χ0n) is 12.7. The molecule has 1 fully saturated rings. The van der Waals surface area contributed by atoms with Crippen molar-refractivity contribution in [3.63, 3.8) is 0 Å². The fourth-order valence-corrected chi connectivity index (χ4v) is 3.40. The molecule has 2 aromatic rings. The molecule has 1 aliphatic carbocycles. The molecule has 0 saturated heterocycles. The standard InChI is InChI=1S/C17H22FN3/c1-3-21-16(19)15(14-9-8-13(18)10-11(14)2)20-17(21)12-6-4-5-7-12/h8-10,12H,3-7,19H2,1-2H3. The number of aryl methyl sites for hydroxylation is 1. The SMILES string of the molecule is CCn1c(C2CCCC2)nc(-c2ccc(F)cc2C)c1N. The summed E-state index contributed by atoms with van der Waals surface area (Å²) in [5.74, 6) is 2.10. The lowest BCUT2D eigenvalue weighted by Crippen LogP contribution is -2.08. The van der Waals surface area contributed by atoms with Gasteiger partial charge in [-0.2, -0.15) is 0 Å². The second kappa shape index (κ2) is 5.51. The first-order valence-corrected chi connectivity index (χ1v) is 7.74. The van der Waals surface area contributed by atoms with Gasteiger partial charge in [0.2, 0.25) is 0 Å². The number of rotatable bonds is 3. The van der Waals surface area contributed by atoms with Gasteiger partial charge in [-0.05, 0) is 50.5 Å². The van der Waals surface area contributed by atoms with Gasteiger partial charge in [-0.1, -0.05) is 12.8 Å². The Hall–Kier alpha value is -1.84. The van der Waals surface area contributed by atoms with Crippen LogP contribution in [0.4, 0.5) is 10.2 Å². The molecule has 2 N–H and O–H groups in total. The molecule has 3 nitrogen and oxygen atoms in total. The Balaban J connectivity index is 2.10. The van der Waals surface area contributed by atoms with Gasteiger partial charge in [0.1, 0.15) is 23.2 Å². The molecule has 1 aromatic carbocycles. The summed E-state index contributed by atoms with van der Waals surface area (Å²) >= 11 is 0. The summed E-state index contributed by atoms with van der Waals surface area (Å²) in [5.41, 5.74) is 8.94. The average Bonchev–Trinajstić information content (AvgIpc) is 3.07. The van der Waals surface area contributed by atoms with Crippen LogP contribution in [0.25, 0.3) is 11.3 Å². The van der Waals surface area contributed by atoms with Gasteiger partial charge in [0.15, 0.2) is 0 Å². The second-order valence-corrected chi connectivity index (χ2v) is 5.89. The predicted molar refractivity (Wildman–Crippen MR) is 83.7 cm³/mol. The van der Waals surface area contributed by atoms with E-state index in [1.165, 1.54) is 37.8 Å². The largest absolute Gasteiger partial charge is 0.383 e. The van der Waals surface area contributed by atoms with Gasteiger partial charge in [0.25, 0.3) is 0 Å². The van der Waals surface area contributed by atoms with E-state index in [1.54, 1.807) is 6.07 Å². The number of hydrogen-bond donors (Lipinski definition) is 1. The Kier molecular flexibility index (Phi) is 3.70. The highest BCUT2D eigenvalue weighted by molar-refractivity contribution is 5.73. The van der Waals surface area contributed by atoms with Crippen LogP contribution >= 0.6 is 0 Å². The molecule has 0 radical (unpaired) electrons. The summed E-state index contributed by atoms with van der Waals surface area (Å²) < 4.78 is 15.4. The maximum absolute atomic E-state index is 13.3. The monoisotopic (exact) mass is 287 g/mol. The summed E-state index contributed by atoms with van der Waals surface area (Å²) in [6, 6.07) is 4.79. The number of benzene rings is 1. The van der Waals surface area contributed by atoms with Crippen molar-refractivity contribution in [2.24, 2.45) is 0 Å². The molecule has 0 aliphatic heterocycles. The van der Waals surface area contributed by atoms with Gasteiger partial charge < -0.3 is 10.3 Å². The highest BCUT2D eigenvalue weighted by atomic mass is 19.1. The minimum absolute atomic E-state index is 0.222. The zero-order chi connectivity index (χ0) is 15.0. The first-order chi connectivity index (χ1) is 10.1. The lowest BCUT2D eigenvalue weighted by Gasteiger charge is -2.11. The van der Waals surface area contributed by atoms with Gasteiger partial charge >= 0.3 is 0 Å². The molecule has 0 bridgehead atoms. The van der Waals surface area contributed by atoms with Gasteiger partial charge in [0.05, 0.1) is 0 Å². The first-order valence-electron chi connectivity index (χ1n) is 7.74. The smallest absolute Gasteiger partial charge is 0.131 e. The Morgan fingerprint density at radius 2 is 2.05 bits per heavy atom. The van der Waals surface area contributed by atoms with Crippen molar-refractivity contribution in [2.45, 2.75) is 52.0 Å². The minimum atomic E-state index is -0.222. The molecular weight excluding hydrogens is 265 g/mol. The number of hydrogen-bond acceptors (Lipinski definition) is 2. The maximum atomic E-state index is 13.3. The highest BCUT2D eigenvalue weighted by Crippen LogP contribution is 2.38. The number of anilines is 1. The van der Waals surface area contributed by atoms with Crippen LogP contribution in [0, 0.1) is 12.7 Å². The van der Waals surface area contributed by atoms with Crippen molar-refractivity contribution in [1.82, 2.24) is 9.55 Å². The topological polar surface area (TPSA) is 43.8 Å². The van der Waals surface area contributed by atoms with Crippen LogP contribution in [0.1, 0.15) is 49.9 Å². The second-order valence-electron chi connectivity index (χ2n) is 5.89. The van der Waals surface area contributed by atoms with E-state index in [1.807, 2.05) is 6.92 Å². The summed E-state index contributed by atoms with van der Waals surface area (Å²) in [6.45, 7) is 4.82. The molecule has 21 heavy (non-hydrogen) atoms. The van der Waals surface area contributed by atoms with Crippen LogP contribution in [-0.4, -0.2) is 9.55 Å². The molecule has 1 aliphatic rings. The third-order valence-electron chi connectivity index (χ3n) is 4.52. The van der Waals surface area contributed by atoms with Crippen LogP contribution in [-0.2, 0) is 6.54 Å². The highest BCUT2D eigenvalue weighted by Gasteiger charge is 2.25. The maximum Gasteiger partial charge on any atom is 0.131 e. The van der Waals surface area contributed by atoms with E-state index < -0.39 is 0 Å². The van der Waals surface area contributed by atoms with E-state index in [-0.39, 0.29) is 5.82 Å². The van der Waals surface area contributed by atoms with E-state index in [0.717, 1.165) is 29.2 Å². The van der Waals surface area contributed by atoms with Crippen molar-refractivity contribution in [3.8, 4) is 11.3 Å².